The fraction of sp³-hybridized carbons (Fsp3) is 0.188. The van der Waals surface area contributed by atoms with Gasteiger partial charge in [-0.1, -0.05) is 42.5 Å². The molecule has 0 bridgehead atoms. The number of aryl methyl sites for hydroxylation is 1. The molecule has 0 saturated carbocycles. The Kier molecular flexibility index (Phi) is 3.18. The van der Waals surface area contributed by atoms with E-state index >= 15 is 0 Å². The molecule has 4 heteroatoms. The number of fused-ring (bicyclic) bond motifs is 1. The van der Waals surface area contributed by atoms with Crippen molar-refractivity contribution in [3.8, 4) is 0 Å². The summed E-state index contributed by atoms with van der Waals surface area (Å²) in [7, 11) is -3.60. The van der Waals surface area contributed by atoms with E-state index in [0.717, 1.165) is 5.56 Å². The summed E-state index contributed by atoms with van der Waals surface area (Å²) in [5, 5.41) is -0.959. The van der Waals surface area contributed by atoms with E-state index in [9.17, 15) is 13.2 Å². The molecule has 0 amide bonds. The van der Waals surface area contributed by atoms with Gasteiger partial charge in [-0.05, 0) is 30.5 Å². The van der Waals surface area contributed by atoms with Crippen molar-refractivity contribution in [3.63, 3.8) is 0 Å². The maximum atomic E-state index is 12.6. The lowest BCUT2D eigenvalue weighted by molar-refractivity contribution is 0.0976. The third-order valence-electron chi connectivity index (χ3n) is 3.70. The van der Waals surface area contributed by atoms with Crippen LogP contribution < -0.4 is 0 Å². The van der Waals surface area contributed by atoms with Gasteiger partial charge in [-0.15, -0.1) is 0 Å². The summed E-state index contributed by atoms with van der Waals surface area (Å²) in [5.74, 6) is -0.282. The van der Waals surface area contributed by atoms with Gasteiger partial charge in [0.2, 0.25) is 0 Å². The fourth-order valence-corrected chi connectivity index (χ4v) is 4.34. The highest BCUT2D eigenvalue weighted by molar-refractivity contribution is 7.92. The molecule has 1 unspecified atom stereocenters. The van der Waals surface area contributed by atoms with Crippen LogP contribution in [0.25, 0.3) is 0 Å². The van der Waals surface area contributed by atoms with Gasteiger partial charge in [0.25, 0.3) is 0 Å². The molecule has 0 aromatic heterocycles. The molecule has 3 rings (SSSR count). The first-order valence-corrected chi connectivity index (χ1v) is 8.06. The number of carbonyl (C=O) groups is 1. The van der Waals surface area contributed by atoms with Crippen molar-refractivity contribution in [2.24, 2.45) is 0 Å². The molecule has 1 atom stereocenters. The second kappa shape index (κ2) is 4.87. The van der Waals surface area contributed by atoms with Gasteiger partial charge in [-0.25, -0.2) is 8.42 Å². The van der Waals surface area contributed by atoms with Gasteiger partial charge in [-0.3, -0.25) is 4.79 Å². The normalized spacial score (nSPS) is 18.6. The first-order valence-electron chi connectivity index (χ1n) is 6.52. The predicted molar refractivity (Wildman–Crippen MR) is 76.5 cm³/mol. The zero-order chi connectivity index (χ0) is 14.2. The van der Waals surface area contributed by atoms with E-state index in [1.165, 1.54) is 0 Å². The molecule has 3 nitrogen and oxygen atoms in total. The second-order valence-electron chi connectivity index (χ2n) is 4.91. The number of carbonyl (C=O) groups excluding carboxylic acids is 1. The Morgan fingerprint density at radius 2 is 1.55 bits per heavy atom. The monoisotopic (exact) mass is 286 g/mol. The topological polar surface area (TPSA) is 51.2 Å². The molecule has 0 N–H and O–H groups in total. The molecule has 1 aliphatic carbocycles. The lowest BCUT2D eigenvalue weighted by Crippen LogP contribution is -2.34. The molecule has 0 saturated heterocycles. The summed E-state index contributed by atoms with van der Waals surface area (Å²) < 4.78 is 25.2. The quantitative estimate of drug-likeness (QED) is 0.853. The standard InChI is InChI=1S/C16H14O3S/c17-16-14-9-5-4-6-12(14)10-11-15(16)20(18,19)13-7-2-1-3-8-13/h1-9,15H,10-11H2. The SMILES string of the molecule is O=C1c2ccccc2CCC1S(=O)(=O)c1ccccc1. The smallest absolute Gasteiger partial charge is 0.188 e. The van der Waals surface area contributed by atoms with Gasteiger partial charge in [0.05, 0.1) is 4.90 Å². The Balaban J connectivity index is 2.03. The Hall–Kier alpha value is -1.94. The van der Waals surface area contributed by atoms with Gasteiger partial charge >= 0.3 is 0 Å². The van der Waals surface area contributed by atoms with Crippen LogP contribution in [0.5, 0.6) is 0 Å². The van der Waals surface area contributed by atoms with Crippen LogP contribution in [0.15, 0.2) is 59.5 Å². The van der Waals surface area contributed by atoms with E-state index in [-0.39, 0.29) is 10.7 Å². The minimum Gasteiger partial charge on any atom is -0.293 e. The summed E-state index contributed by atoms with van der Waals surface area (Å²) in [5.41, 5.74) is 1.49. The van der Waals surface area contributed by atoms with Gasteiger partial charge < -0.3 is 0 Å². The summed E-state index contributed by atoms with van der Waals surface area (Å²) in [6, 6.07) is 15.4. The highest BCUT2D eigenvalue weighted by atomic mass is 32.2. The van der Waals surface area contributed by atoms with E-state index in [2.05, 4.69) is 0 Å². The average molecular weight is 286 g/mol. The van der Waals surface area contributed by atoms with Crippen LogP contribution in [0.2, 0.25) is 0 Å². The van der Waals surface area contributed by atoms with Crippen LogP contribution in [-0.4, -0.2) is 19.5 Å². The molecule has 0 spiro atoms. The molecule has 2 aromatic carbocycles. The molecule has 0 heterocycles. The molecule has 102 valence electrons. The Morgan fingerprint density at radius 3 is 2.30 bits per heavy atom. The number of Topliss-reactive ketones (excluding diaryl/α,β-unsaturated/α-hetero) is 1. The summed E-state index contributed by atoms with van der Waals surface area (Å²) >= 11 is 0. The fourth-order valence-electron chi connectivity index (χ4n) is 2.64. The van der Waals surface area contributed by atoms with Gasteiger partial charge in [0, 0.05) is 5.56 Å². The van der Waals surface area contributed by atoms with Crippen LogP contribution in [-0.2, 0) is 16.3 Å². The van der Waals surface area contributed by atoms with E-state index in [4.69, 9.17) is 0 Å². The van der Waals surface area contributed by atoms with Crippen molar-refractivity contribution in [2.45, 2.75) is 23.0 Å². The number of hydrogen-bond donors (Lipinski definition) is 0. The van der Waals surface area contributed by atoms with Gasteiger partial charge in [0.1, 0.15) is 5.25 Å². The molecule has 20 heavy (non-hydrogen) atoms. The van der Waals surface area contributed by atoms with Crippen LogP contribution in [0.4, 0.5) is 0 Å². The number of ketones is 1. The summed E-state index contributed by atoms with van der Waals surface area (Å²) in [6.07, 6.45) is 0.978. The zero-order valence-corrected chi connectivity index (χ0v) is 11.6. The molecule has 1 aliphatic rings. The molecular formula is C16H14O3S. The molecule has 2 aromatic rings. The van der Waals surface area contributed by atoms with Crippen molar-refractivity contribution < 1.29 is 13.2 Å². The largest absolute Gasteiger partial charge is 0.293 e. The van der Waals surface area contributed by atoms with Crippen LogP contribution >= 0.6 is 0 Å². The maximum Gasteiger partial charge on any atom is 0.188 e. The average Bonchev–Trinajstić information content (AvgIpc) is 2.48. The minimum absolute atomic E-state index is 0.220. The van der Waals surface area contributed by atoms with E-state index in [1.54, 1.807) is 42.5 Å². The predicted octanol–water partition coefficient (Wildman–Crippen LogP) is 2.66. The van der Waals surface area contributed by atoms with E-state index < -0.39 is 15.1 Å². The summed E-state index contributed by atoms with van der Waals surface area (Å²) in [6.45, 7) is 0. The molecule has 0 radical (unpaired) electrons. The minimum atomic E-state index is -3.60. The van der Waals surface area contributed by atoms with Crippen molar-refractivity contribution in [3.05, 3.63) is 65.7 Å². The number of benzene rings is 2. The zero-order valence-electron chi connectivity index (χ0n) is 10.8. The Labute approximate surface area is 118 Å². The lowest BCUT2D eigenvalue weighted by Gasteiger charge is -2.23. The van der Waals surface area contributed by atoms with E-state index in [0.29, 0.717) is 18.4 Å². The first kappa shape index (κ1) is 13.1. The number of rotatable bonds is 2. The highest BCUT2D eigenvalue weighted by Crippen LogP contribution is 2.28. The third kappa shape index (κ3) is 2.06. The second-order valence-corrected chi connectivity index (χ2v) is 7.04. The van der Waals surface area contributed by atoms with Crippen LogP contribution in [0, 0.1) is 0 Å². The number of sulfone groups is 1. The van der Waals surface area contributed by atoms with Crippen molar-refractivity contribution in [1.82, 2.24) is 0 Å². The Bertz CT molecular complexity index is 748. The molecule has 0 fully saturated rings. The van der Waals surface area contributed by atoms with Crippen molar-refractivity contribution >= 4 is 15.6 Å². The maximum absolute atomic E-state index is 12.6. The Morgan fingerprint density at radius 1 is 0.900 bits per heavy atom. The lowest BCUT2D eigenvalue weighted by atomic mass is 9.90. The number of hydrogen-bond acceptors (Lipinski definition) is 3. The van der Waals surface area contributed by atoms with Crippen molar-refractivity contribution in [2.75, 3.05) is 0 Å². The molecule has 0 aliphatic heterocycles. The van der Waals surface area contributed by atoms with Crippen LogP contribution in [0.1, 0.15) is 22.3 Å². The third-order valence-corrected chi connectivity index (χ3v) is 5.83. The molecular weight excluding hydrogens is 272 g/mol. The van der Waals surface area contributed by atoms with E-state index in [1.807, 2.05) is 12.1 Å². The highest BCUT2D eigenvalue weighted by Gasteiger charge is 2.37. The van der Waals surface area contributed by atoms with Gasteiger partial charge in [0.15, 0.2) is 15.6 Å². The van der Waals surface area contributed by atoms with Crippen LogP contribution in [0.3, 0.4) is 0 Å². The first-order chi connectivity index (χ1) is 9.60. The summed E-state index contributed by atoms with van der Waals surface area (Å²) in [4.78, 5) is 12.7. The van der Waals surface area contributed by atoms with Crippen molar-refractivity contribution in [1.29, 1.82) is 0 Å². The van der Waals surface area contributed by atoms with Gasteiger partial charge in [-0.2, -0.15) is 0 Å².